The Kier molecular flexibility index (Phi) is 5.33. The number of carbonyl (C=O) groups excluding carboxylic acids is 1. The third kappa shape index (κ3) is 4.29. The monoisotopic (exact) mass is 352 g/mol. The smallest absolute Gasteiger partial charge is 0.175 e. The molecule has 0 aliphatic carbocycles. The summed E-state index contributed by atoms with van der Waals surface area (Å²) in [7, 11) is 1.54. The van der Waals surface area contributed by atoms with E-state index in [9.17, 15) is 9.18 Å². The number of rotatable bonds is 6. The van der Waals surface area contributed by atoms with Gasteiger partial charge in [-0.3, -0.25) is 4.79 Å². The van der Waals surface area contributed by atoms with E-state index in [-0.39, 0.29) is 24.6 Å². The van der Waals surface area contributed by atoms with Crippen LogP contribution in [0.1, 0.15) is 5.56 Å². The molecular formula is C16H14BrFO3. The standard InChI is InChI=1S/C16H14BrFO3/c1-20-15-4-2-3-14(17)16(15)21-10-13(19)9-11-5-7-12(18)8-6-11/h2-8H,9-10H2,1H3. The molecule has 0 aliphatic rings. The molecule has 110 valence electrons. The minimum absolute atomic E-state index is 0.0731. The van der Waals surface area contributed by atoms with Crippen molar-refractivity contribution >= 4 is 21.7 Å². The highest BCUT2D eigenvalue weighted by Crippen LogP contribution is 2.34. The van der Waals surface area contributed by atoms with Crippen LogP contribution >= 0.6 is 15.9 Å². The van der Waals surface area contributed by atoms with Gasteiger partial charge in [0.25, 0.3) is 0 Å². The molecule has 0 aromatic heterocycles. The Morgan fingerprint density at radius 1 is 1.19 bits per heavy atom. The number of Topliss-reactive ketones (excluding diaryl/α,β-unsaturated/α-hetero) is 1. The molecule has 0 amide bonds. The predicted molar refractivity (Wildman–Crippen MR) is 81.3 cm³/mol. The fraction of sp³-hybridized carbons (Fsp3) is 0.188. The minimum Gasteiger partial charge on any atom is -0.493 e. The summed E-state index contributed by atoms with van der Waals surface area (Å²) in [6.45, 7) is -0.0731. The SMILES string of the molecule is COc1cccc(Br)c1OCC(=O)Cc1ccc(F)cc1. The lowest BCUT2D eigenvalue weighted by atomic mass is 10.1. The van der Waals surface area contributed by atoms with Gasteiger partial charge in [-0.15, -0.1) is 0 Å². The highest BCUT2D eigenvalue weighted by Gasteiger charge is 2.11. The summed E-state index contributed by atoms with van der Waals surface area (Å²) in [4.78, 5) is 11.9. The van der Waals surface area contributed by atoms with E-state index in [0.717, 1.165) is 10.0 Å². The van der Waals surface area contributed by atoms with E-state index in [2.05, 4.69) is 15.9 Å². The lowest BCUT2D eigenvalue weighted by Gasteiger charge is -2.11. The third-order valence-electron chi connectivity index (χ3n) is 2.84. The Hall–Kier alpha value is -1.88. The van der Waals surface area contributed by atoms with Crippen molar-refractivity contribution < 1.29 is 18.7 Å². The normalized spacial score (nSPS) is 10.2. The molecular weight excluding hydrogens is 339 g/mol. The molecule has 2 aromatic rings. The maximum atomic E-state index is 12.8. The number of carbonyl (C=O) groups is 1. The molecule has 5 heteroatoms. The van der Waals surface area contributed by atoms with Gasteiger partial charge in [0.15, 0.2) is 17.3 Å². The van der Waals surface area contributed by atoms with Gasteiger partial charge >= 0.3 is 0 Å². The number of hydrogen-bond donors (Lipinski definition) is 0. The fourth-order valence-electron chi connectivity index (χ4n) is 1.82. The Morgan fingerprint density at radius 3 is 2.57 bits per heavy atom. The molecule has 0 N–H and O–H groups in total. The van der Waals surface area contributed by atoms with Crippen molar-refractivity contribution in [1.82, 2.24) is 0 Å². The van der Waals surface area contributed by atoms with Crippen LogP contribution in [-0.4, -0.2) is 19.5 Å². The first-order valence-corrected chi connectivity index (χ1v) is 7.11. The van der Waals surface area contributed by atoms with E-state index in [1.807, 2.05) is 12.1 Å². The molecule has 0 saturated heterocycles. The highest BCUT2D eigenvalue weighted by atomic mass is 79.9. The minimum atomic E-state index is -0.319. The van der Waals surface area contributed by atoms with Crippen LogP contribution in [-0.2, 0) is 11.2 Å². The number of halogens is 2. The quantitative estimate of drug-likeness (QED) is 0.793. The second kappa shape index (κ2) is 7.22. The van der Waals surface area contributed by atoms with Crippen molar-refractivity contribution in [2.24, 2.45) is 0 Å². The summed E-state index contributed by atoms with van der Waals surface area (Å²) in [5.74, 6) is 0.631. The van der Waals surface area contributed by atoms with Crippen LogP contribution in [0.5, 0.6) is 11.5 Å². The van der Waals surface area contributed by atoms with Crippen molar-refractivity contribution in [3.05, 3.63) is 58.3 Å². The van der Waals surface area contributed by atoms with E-state index < -0.39 is 0 Å². The molecule has 0 aliphatic heterocycles. The molecule has 0 radical (unpaired) electrons. The van der Waals surface area contributed by atoms with Gasteiger partial charge in [-0.05, 0) is 45.8 Å². The first-order valence-electron chi connectivity index (χ1n) is 6.31. The van der Waals surface area contributed by atoms with E-state index in [0.29, 0.717) is 11.5 Å². The number of methoxy groups -OCH3 is 1. The molecule has 0 heterocycles. The van der Waals surface area contributed by atoms with Crippen molar-refractivity contribution in [1.29, 1.82) is 0 Å². The average molecular weight is 353 g/mol. The Labute approximate surface area is 130 Å². The summed E-state index contributed by atoms with van der Waals surface area (Å²) in [6.07, 6.45) is 0.201. The van der Waals surface area contributed by atoms with Gasteiger partial charge in [0.1, 0.15) is 12.4 Å². The zero-order valence-corrected chi connectivity index (χ0v) is 13.0. The summed E-state index contributed by atoms with van der Waals surface area (Å²) < 4.78 is 24.2. The van der Waals surface area contributed by atoms with Gasteiger partial charge < -0.3 is 9.47 Å². The first kappa shape index (κ1) is 15.5. The molecule has 0 unspecified atom stereocenters. The van der Waals surface area contributed by atoms with Gasteiger partial charge in [-0.25, -0.2) is 4.39 Å². The van der Waals surface area contributed by atoms with Crippen LogP contribution in [0, 0.1) is 5.82 Å². The zero-order valence-electron chi connectivity index (χ0n) is 11.4. The lowest BCUT2D eigenvalue weighted by molar-refractivity contribution is -0.120. The number of ketones is 1. The van der Waals surface area contributed by atoms with Crippen LogP contribution in [0.3, 0.4) is 0 Å². The zero-order chi connectivity index (χ0) is 15.2. The first-order chi connectivity index (χ1) is 10.1. The van der Waals surface area contributed by atoms with E-state index >= 15 is 0 Å². The number of benzene rings is 2. The molecule has 2 aromatic carbocycles. The number of hydrogen-bond acceptors (Lipinski definition) is 3. The van der Waals surface area contributed by atoms with Crippen molar-refractivity contribution in [3.8, 4) is 11.5 Å². The molecule has 2 rings (SSSR count). The molecule has 0 atom stereocenters. The molecule has 0 saturated carbocycles. The van der Waals surface area contributed by atoms with Crippen LogP contribution < -0.4 is 9.47 Å². The Bertz CT molecular complexity index is 626. The van der Waals surface area contributed by atoms with Gasteiger partial charge in [-0.1, -0.05) is 18.2 Å². The summed E-state index contributed by atoms with van der Waals surface area (Å²) in [5.41, 5.74) is 0.754. The van der Waals surface area contributed by atoms with Gasteiger partial charge in [0.2, 0.25) is 0 Å². The maximum Gasteiger partial charge on any atom is 0.175 e. The third-order valence-corrected chi connectivity index (χ3v) is 3.47. The Morgan fingerprint density at radius 2 is 1.90 bits per heavy atom. The topological polar surface area (TPSA) is 35.5 Å². The van der Waals surface area contributed by atoms with Crippen molar-refractivity contribution in [2.45, 2.75) is 6.42 Å². The van der Waals surface area contributed by atoms with E-state index in [1.54, 1.807) is 18.2 Å². The molecule has 21 heavy (non-hydrogen) atoms. The van der Waals surface area contributed by atoms with Gasteiger partial charge in [0.05, 0.1) is 11.6 Å². The molecule has 0 bridgehead atoms. The second-order valence-electron chi connectivity index (χ2n) is 4.40. The average Bonchev–Trinajstić information content (AvgIpc) is 2.48. The second-order valence-corrected chi connectivity index (χ2v) is 5.26. The van der Waals surface area contributed by atoms with Crippen LogP contribution in [0.4, 0.5) is 4.39 Å². The lowest BCUT2D eigenvalue weighted by Crippen LogP contribution is -2.14. The summed E-state index contributed by atoms with van der Waals surface area (Å²) >= 11 is 3.35. The maximum absolute atomic E-state index is 12.8. The predicted octanol–water partition coefficient (Wildman–Crippen LogP) is 3.79. The van der Waals surface area contributed by atoms with Crippen LogP contribution in [0.2, 0.25) is 0 Å². The summed E-state index contributed by atoms with van der Waals surface area (Å²) in [5, 5.41) is 0. The van der Waals surface area contributed by atoms with Gasteiger partial charge in [-0.2, -0.15) is 0 Å². The number of para-hydroxylation sites is 1. The molecule has 0 spiro atoms. The van der Waals surface area contributed by atoms with Gasteiger partial charge in [0, 0.05) is 6.42 Å². The van der Waals surface area contributed by atoms with Crippen molar-refractivity contribution in [3.63, 3.8) is 0 Å². The largest absolute Gasteiger partial charge is 0.493 e. The molecule has 0 fully saturated rings. The summed E-state index contributed by atoms with van der Waals surface area (Å²) in [6, 6.07) is 11.2. The van der Waals surface area contributed by atoms with Crippen LogP contribution in [0.15, 0.2) is 46.9 Å². The van der Waals surface area contributed by atoms with Crippen molar-refractivity contribution in [2.75, 3.05) is 13.7 Å². The highest BCUT2D eigenvalue weighted by molar-refractivity contribution is 9.10. The van der Waals surface area contributed by atoms with Crippen LogP contribution in [0.25, 0.3) is 0 Å². The molecule has 3 nitrogen and oxygen atoms in total. The number of ether oxygens (including phenoxy) is 2. The van der Waals surface area contributed by atoms with E-state index in [1.165, 1.54) is 19.2 Å². The van der Waals surface area contributed by atoms with E-state index in [4.69, 9.17) is 9.47 Å². The fourth-order valence-corrected chi connectivity index (χ4v) is 2.29. The Balaban J connectivity index is 1.97.